The van der Waals surface area contributed by atoms with Gasteiger partial charge in [-0.1, -0.05) is 47.6 Å². The highest BCUT2D eigenvalue weighted by Crippen LogP contribution is 2.60. The number of hydrogen-bond acceptors (Lipinski definition) is 4. The summed E-state index contributed by atoms with van der Waals surface area (Å²) in [6.45, 7) is 0. The van der Waals surface area contributed by atoms with E-state index in [0.717, 1.165) is 40.5 Å². The van der Waals surface area contributed by atoms with E-state index in [2.05, 4.69) is 58.6 Å². The van der Waals surface area contributed by atoms with Crippen LogP contribution in [0, 0.1) is 17.8 Å². The first-order chi connectivity index (χ1) is 14.2. The Morgan fingerprint density at radius 2 is 1.62 bits per heavy atom. The Bertz CT molecular complexity index is 904. The van der Waals surface area contributed by atoms with Crippen molar-refractivity contribution >= 4 is 5.84 Å². The predicted molar refractivity (Wildman–Crippen MR) is 113 cm³/mol. The number of rotatable bonds is 4. The molecule has 0 amide bonds. The first kappa shape index (κ1) is 17.4. The SMILES string of the molecule is COc1cccc([C@H]2ON=C(c3ccccc3)N2C23CC4CC(CC(C4)C2)C3)c1. The Balaban J connectivity index is 1.45. The zero-order chi connectivity index (χ0) is 19.4. The Labute approximate surface area is 172 Å². The Kier molecular flexibility index (Phi) is 3.90. The third-order valence-electron chi connectivity index (χ3n) is 7.63. The molecule has 1 atom stereocenters. The highest BCUT2D eigenvalue weighted by molar-refractivity contribution is 5.99. The van der Waals surface area contributed by atoms with Crippen molar-refractivity contribution in [2.75, 3.05) is 7.11 Å². The van der Waals surface area contributed by atoms with Crippen LogP contribution in [-0.2, 0) is 4.84 Å². The van der Waals surface area contributed by atoms with E-state index in [4.69, 9.17) is 9.57 Å². The number of methoxy groups -OCH3 is 1. The molecule has 4 bridgehead atoms. The molecule has 7 rings (SSSR count). The number of amidine groups is 1. The molecule has 0 radical (unpaired) electrons. The van der Waals surface area contributed by atoms with E-state index in [-0.39, 0.29) is 11.8 Å². The number of oxime groups is 1. The standard InChI is InChI=1S/C25H28N2O2/c1-28-22-9-5-8-21(13-22)24-27(23(26-29-24)20-6-3-2-4-7-20)25-14-17-10-18(15-25)12-19(11-17)16-25/h2-9,13,17-19,24H,10-12,14-16H2,1H3/t17?,18?,19?,24-,25?/m1/s1. The molecule has 0 N–H and O–H groups in total. The van der Waals surface area contributed by atoms with Gasteiger partial charge in [-0.3, -0.25) is 0 Å². The fourth-order valence-corrected chi connectivity index (χ4v) is 6.92. The van der Waals surface area contributed by atoms with Gasteiger partial charge >= 0.3 is 0 Å². The van der Waals surface area contributed by atoms with Gasteiger partial charge in [0.05, 0.1) is 7.11 Å². The lowest BCUT2D eigenvalue weighted by atomic mass is 9.52. The lowest BCUT2D eigenvalue weighted by Crippen LogP contribution is -2.61. The summed E-state index contributed by atoms with van der Waals surface area (Å²) in [6, 6.07) is 18.8. The quantitative estimate of drug-likeness (QED) is 0.707. The molecule has 0 unspecified atom stereocenters. The van der Waals surface area contributed by atoms with Gasteiger partial charge in [-0.2, -0.15) is 0 Å². The zero-order valence-electron chi connectivity index (χ0n) is 17.0. The van der Waals surface area contributed by atoms with Crippen LogP contribution in [0.5, 0.6) is 5.75 Å². The predicted octanol–water partition coefficient (Wildman–Crippen LogP) is 5.36. The minimum absolute atomic E-state index is 0.160. The van der Waals surface area contributed by atoms with Gasteiger partial charge in [0, 0.05) is 16.7 Å². The van der Waals surface area contributed by atoms with Crippen molar-refractivity contribution in [1.82, 2.24) is 4.90 Å². The van der Waals surface area contributed by atoms with E-state index < -0.39 is 0 Å². The fourth-order valence-electron chi connectivity index (χ4n) is 6.92. The van der Waals surface area contributed by atoms with E-state index in [1.165, 1.54) is 38.5 Å². The molecule has 0 saturated heterocycles. The highest BCUT2D eigenvalue weighted by Gasteiger charge is 2.57. The van der Waals surface area contributed by atoms with Gasteiger partial charge in [0.15, 0.2) is 5.84 Å². The summed E-state index contributed by atoms with van der Waals surface area (Å²) >= 11 is 0. The van der Waals surface area contributed by atoms with Crippen LogP contribution in [0.25, 0.3) is 0 Å². The minimum Gasteiger partial charge on any atom is -0.497 e. The van der Waals surface area contributed by atoms with Crippen LogP contribution in [-0.4, -0.2) is 23.4 Å². The van der Waals surface area contributed by atoms with Crippen molar-refractivity contribution in [3.63, 3.8) is 0 Å². The molecule has 2 aromatic carbocycles. The van der Waals surface area contributed by atoms with Crippen LogP contribution in [0.3, 0.4) is 0 Å². The first-order valence-corrected chi connectivity index (χ1v) is 11.0. The second-order valence-electron chi connectivity index (χ2n) is 9.53. The van der Waals surface area contributed by atoms with Crippen molar-refractivity contribution in [3.05, 3.63) is 65.7 Å². The molecule has 1 heterocycles. The lowest BCUT2D eigenvalue weighted by Gasteiger charge is -2.60. The smallest absolute Gasteiger partial charge is 0.227 e. The van der Waals surface area contributed by atoms with Gasteiger partial charge in [0.1, 0.15) is 5.75 Å². The van der Waals surface area contributed by atoms with Crippen LogP contribution < -0.4 is 4.74 Å². The summed E-state index contributed by atoms with van der Waals surface area (Å²) in [5.41, 5.74) is 2.43. The van der Waals surface area contributed by atoms with Crippen molar-refractivity contribution in [2.24, 2.45) is 22.9 Å². The van der Waals surface area contributed by atoms with Crippen LogP contribution in [0.1, 0.15) is 55.9 Å². The van der Waals surface area contributed by atoms with E-state index in [1.54, 1.807) is 7.11 Å². The van der Waals surface area contributed by atoms with E-state index in [0.29, 0.717) is 0 Å². The molecule has 4 saturated carbocycles. The van der Waals surface area contributed by atoms with E-state index in [1.807, 2.05) is 6.07 Å². The van der Waals surface area contributed by atoms with E-state index >= 15 is 0 Å². The van der Waals surface area contributed by atoms with Crippen molar-refractivity contribution in [2.45, 2.75) is 50.3 Å². The fraction of sp³-hybridized carbons (Fsp3) is 0.480. The maximum absolute atomic E-state index is 6.17. The largest absolute Gasteiger partial charge is 0.497 e. The molecule has 4 aliphatic carbocycles. The van der Waals surface area contributed by atoms with E-state index in [9.17, 15) is 0 Å². The van der Waals surface area contributed by atoms with Gasteiger partial charge in [0.25, 0.3) is 0 Å². The maximum atomic E-state index is 6.17. The average molecular weight is 389 g/mol. The molecule has 4 heteroatoms. The molecule has 4 fully saturated rings. The number of benzene rings is 2. The van der Waals surface area contributed by atoms with Crippen LogP contribution in [0.15, 0.2) is 59.8 Å². The number of ether oxygens (including phenoxy) is 1. The Morgan fingerprint density at radius 1 is 0.931 bits per heavy atom. The minimum atomic E-state index is -0.184. The molecule has 150 valence electrons. The maximum Gasteiger partial charge on any atom is 0.227 e. The number of hydrogen-bond donors (Lipinski definition) is 0. The Morgan fingerprint density at radius 3 is 2.28 bits per heavy atom. The zero-order valence-corrected chi connectivity index (χ0v) is 17.0. The van der Waals surface area contributed by atoms with Gasteiger partial charge in [-0.05, 0) is 68.4 Å². The molecule has 0 aromatic heterocycles. The average Bonchev–Trinajstić information content (AvgIpc) is 3.20. The second-order valence-corrected chi connectivity index (χ2v) is 9.53. The summed E-state index contributed by atoms with van der Waals surface area (Å²) in [5.74, 6) is 4.46. The summed E-state index contributed by atoms with van der Waals surface area (Å²) in [6.07, 6.45) is 7.91. The molecule has 4 nitrogen and oxygen atoms in total. The second kappa shape index (κ2) is 6.51. The van der Waals surface area contributed by atoms with Gasteiger partial charge < -0.3 is 14.5 Å². The lowest BCUT2D eigenvalue weighted by molar-refractivity contribution is -0.116. The van der Waals surface area contributed by atoms with Gasteiger partial charge in [0.2, 0.25) is 6.23 Å². The van der Waals surface area contributed by atoms with Crippen LogP contribution >= 0.6 is 0 Å². The van der Waals surface area contributed by atoms with Gasteiger partial charge in [-0.15, -0.1) is 0 Å². The summed E-state index contributed by atoms with van der Waals surface area (Å²) in [7, 11) is 1.72. The molecule has 1 aliphatic heterocycles. The normalized spacial score (nSPS) is 34.8. The molecule has 0 spiro atoms. The topological polar surface area (TPSA) is 34.1 Å². The first-order valence-electron chi connectivity index (χ1n) is 11.0. The third-order valence-corrected chi connectivity index (χ3v) is 7.63. The monoisotopic (exact) mass is 388 g/mol. The van der Waals surface area contributed by atoms with Gasteiger partial charge in [-0.25, -0.2) is 0 Å². The molecule has 2 aromatic rings. The summed E-state index contributed by atoms with van der Waals surface area (Å²) in [4.78, 5) is 8.72. The van der Waals surface area contributed by atoms with Crippen LogP contribution in [0.4, 0.5) is 0 Å². The number of nitrogens with zero attached hydrogens (tertiary/aromatic N) is 2. The van der Waals surface area contributed by atoms with Crippen molar-refractivity contribution in [3.8, 4) is 5.75 Å². The summed E-state index contributed by atoms with van der Waals surface area (Å²) in [5, 5.41) is 4.66. The summed E-state index contributed by atoms with van der Waals surface area (Å²) < 4.78 is 5.50. The Hall–Kier alpha value is -2.49. The third kappa shape index (κ3) is 2.76. The molecule has 5 aliphatic rings. The molecular weight excluding hydrogens is 360 g/mol. The molecular formula is C25H28N2O2. The highest BCUT2D eigenvalue weighted by atomic mass is 16.7. The van der Waals surface area contributed by atoms with Crippen molar-refractivity contribution in [1.29, 1.82) is 0 Å². The van der Waals surface area contributed by atoms with Crippen LogP contribution in [0.2, 0.25) is 0 Å². The molecule has 29 heavy (non-hydrogen) atoms. The van der Waals surface area contributed by atoms with Crippen molar-refractivity contribution < 1.29 is 9.57 Å².